The molecular weight excluding hydrogens is 440 g/mol. The van der Waals surface area contributed by atoms with Crippen molar-refractivity contribution < 1.29 is 39.7 Å². The molecule has 0 spiro atoms. The molecule has 2 aromatic rings. The van der Waals surface area contributed by atoms with E-state index in [0.29, 0.717) is 23.6 Å². The van der Waals surface area contributed by atoms with Gasteiger partial charge in [-0.1, -0.05) is 35.9 Å². The van der Waals surface area contributed by atoms with Crippen molar-refractivity contribution in [2.24, 2.45) is 0 Å². The van der Waals surface area contributed by atoms with Crippen LogP contribution in [0.15, 0.2) is 42.5 Å². The Bertz CT molecular complexity index is 862. The first-order chi connectivity index (χ1) is 15.3. The first-order valence-corrected chi connectivity index (χ1v) is 10.8. The van der Waals surface area contributed by atoms with Gasteiger partial charge in [0.25, 0.3) is 0 Å². The highest BCUT2D eigenvalue weighted by Crippen LogP contribution is 2.35. The van der Waals surface area contributed by atoms with Gasteiger partial charge in [-0.2, -0.15) is 0 Å². The molecule has 0 bridgehead atoms. The third-order valence-corrected chi connectivity index (χ3v) is 5.63. The molecule has 176 valence electrons. The second kappa shape index (κ2) is 11.4. The minimum Gasteiger partial charge on any atom is -0.494 e. The zero-order valence-electron chi connectivity index (χ0n) is 17.7. The van der Waals surface area contributed by atoms with Gasteiger partial charge in [0.2, 0.25) is 0 Å². The molecule has 1 aliphatic rings. The van der Waals surface area contributed by atoms with Gasteiger partial charge in [-0.25, -0.2) is 0 Å². The normalized spacial score (nSPS) is 26.7. The number of aliphatic hydroxyl groups excluding tert-OH is 5. The second-order valence-electron chi connectivity index (χ2n) is 7.67. The van der Waals surface area contributed by atoms with Crippen LogP contribution in [-0.4, -0.2) is 76.1 Å². The molecule has 0 aliphatic carbocycles. The highest BCUT2D eigenvalue weighted by atomic mass is 35.5. The quantitative estimate of drug-likeness (QED) is 0.371. The molecule has 2 unspecified atom stereocenters. The zero-order valence-corrected chi connectivity index (χ0v) is 18.4. The predicted octanol–water partition coefficient (Wildman–Crippen LogP) is 1.18. The highest BCUT2D eigenvalue weighted by molar-refractivity contribution is 6.31. The molecule has 1 fully saturated rings. The van der Waals surface area contributed by atoms with Crippen molar-refractivity contribution >= 4 is 11.6 Å². The van der Waals surface area contributed by atoms with Gasteiger partial charge in [0.1, 0.15) is 36.3 Å². The molecule has 3 rings (SSSR count). The summed E-state index contributed by atoms with van der Waals surface area (Å²) in [4.78, 5) is 0. The summed E-state index contributed by atoms with van der Waals surface area (Å²) in [5, 5.41) is 49.9. The molecule has 32 heavy (non-hydrogen) atoms. The average Bonchev–Trinajstić information content (AvgIpc) is 2.80. The number of hydrogen-bond donors (Lipinski definition) is 5. The molecule has 1 heterocycles. The summed E-state index contributed by atoms with van der Waals surface area (Å²) >= 11 is 6.39. The summed E-state index contributed by atoms with van der Waals surface area (Å²) in [6, 6.07) is 12.8. The van der Waals surface area contributed by atoms with Gasteiger partial charge in [-0.05, 0) is 48.2 Å². The Morgan fingerprint density at radius 2 is 1.75 bits per heavy atom. The van der Waals surface area contributed by atoms with Crippen LogP contribution in [-0.2, 0) is 15.9 Å². The maximum Gasteiger partial charge on any atom is 0.187 e. The van der Waals surface area contributed by atoms with Gasteiger partial charge in [-0.15, -0.1) is 0 Å². The van der Waals surface area contributed by atoms with Crippen LogP contribution in [0.25, 0.3) is 0 Å². The van der Waals surface area contributed by atoms with Crippen LogP contribution in [0.5, 0.6) is 5.75 Å². The molecule has 1 saturated heterocycles. The van der Waals surface area contributed by atoms with E-state index in [1.165, 1.54) is 0 Å². The van der Waals surface area contributed by atoms with E-state index in [0.717, 1.165) is 16.9 Å². The van der Waals surface area contributed by atoms with Gasteiger partial charge in [0, 0.05) is 5.02 Å². The molecule has 9 heteroatoms. The minimum atomic E-state index is -1.53. The Morgan fingerprint density at radius 3 is 2.41 bits per heavy atom. The van der Waals surface area contributed by atoms with Crippen LogP contribution < -0.4 is 4.74 Å². The fourth-order valence-corrected chi connectivity index (χ4v) is 3.70. The number of ether oxygens (including phenoxy) is 3. The lowest BCUT2D eigenvalue weighted by atomic mass is 9.92. The Kier molecular flexibility index (Phi) is 8.87. The maximum absolute atomic E-state index is 10.5. The number of rotatable bonds is 9. The van der Waals surface area contributed by atoms with Gasteiger partial charge in [0.05, 0.1) is 19.8 Å². The number of halogens is 1. The van der Waals surface area contributed by atoms with E-state index in [1.54, 1.807) is 18.2 Å². The van der Waals surface area contributed by atoms with Crippen molar-refractivity contribution in [1.29, 1.82) is 0 Å². The highest BCUT2D eigenvalue weighted by Gasteiger charge is 2.45. The lowest BCUT2D eigenvalue weighted by Crippen LogP contribution is -2.55. The summed E-state index contributed by atoms with van der Waals surface area (Å²) < 4.78 is 16.5. The third kappa shape index (κ3) is 5.98. The smallest absolute Gasteiger partial charge is 0.187 e. The third-order valence-electron chi connectivity index (χ3n) is 5.26. The molecule has 0 saturated carbocycles. The number of benzene rings is 2. The average molecular weight is 469 g/mol. The van der Waals surface area contributed by atoms with E-state index in [2.05, 4.69) is 0 Å². The number of hydrogen-bond acceptors (Lipinski definition) is 8. The van der Waals surface area contributed by atoms with Crippen molar-refractivity contribution in [1.82, 2.24) is 0 Å². The van der Waals surface area contributed by atoms with E-state index >= 15 is 0 Å². The van der Waals surface area contributed by atoms with Crippen LogP contribution >= 0.6 is 11.6 Å². The first-order valence-electron chi connectivity index (χ1n) is 10.4. The lowest BCUT2D eigenvalue weighted by molar-refractivity contribution is -0.303. The predicted molar refractivity (Wildman–Crippen MR) is 117 cm³/mol. The van der Waals surface area contributed by atoms with E-state index in [4.69, 9.17) is 30.9 Å². The van der Waals surface area contributed by atoms with Gasteiger partial charge >= 0.3 is 0 Å². The minimum absolute atomic E-state index is 0.308. The molecule has 0 amide bonds. The van der Waals surface area contributed by atoms with Gasteiger partial charge in [-0.3, -0.25) is 0 Å². The Hall–Kier alpha value is -1.75. The van der Waals surface area contributed by atoms with Crippen molar-refractivity contribution in [2.75, 3.05) is 19.8 Å². The molecule has 6 atom stereocenters. The van der Waals surface area contributed by atoms with Crippen molar-refractivity contribution in [2.45, 2.75) is 50.2 Å². The number of aliphatic hydroxyl groups is 5. The summed E-state index contributed by atoms with van der Waals surface area (Å²) in [6.45, 7) is 1.67. The van der Waals surface area contributed by atoms with Crippen LogP contribution in [0.4, 0.5) is 0 Å². The topological polar surface area (TPSA) is 129 Å². The largest absolute Gasteiger partial charge is 0.494 e. The molecule has 5 N–H and O–H groups in total. The van der Waals surface area contributed by atoms with Crippen LogP contribution in [0.3, 0.4) is 0 Å². The van der Waals surface area contributed by atoms with E-state index in [9.17, 15) is 20.4 Å². The lowest BCUT2D eigenvalue weighted by Gasteiger charge is -2.40. The summed E-state index contributed by atoms with van der Waals surface area (Å²) in [5.74, 6) is 0.778. The molecular formula is C23H29ClO8. The SMILES string of the molecule is CCOc1ccc(Cc2cc([C@@H]3OC(OCC(O)CO)[C@@H](O)[C@H](O)[C@H]3O)ccc2Cl)cc1. The van der Waals surface area contributed by atoms with Crippen LogP contribution in [0, 0.1) is 0 Å². The van der Waals surface area contributed by atoms with Crippen molar-refractivity contribution in [3.63, 3.8) is 0 Å². The Balaban J connectivity index is 1.78. The fraction of sp³-hybridized carbons (Fsp3) is 0.478. The monoisotopic (exact) mass is 468 g/mol. The van der Waals surface area contributed by atoms with E-state index < -0.39 is 43.4 Å². The van der Waals surface area contributed by atoms with Gasteiger partial charge in [0.15, 0.2) is 6.29 Å². The molecule has 0 aromatic heterocycles. The Morgan fingerprint density at radius 1 is 1.03 bits per heavy atom. The zero-order chi connectivity index (χ0) is 23.3. The Labute approximate surface area is 191 Å². The summed E-state index contributed by atoms with van der Waals surface area (Å²) in [6.07, 6.45) is -7.41. The molecule has 0 radical (unpaired) electrons. The van der Waals surface area contributed by atoms with Crippen molar-refractivity contribution in [3.05, 3.63) is 64.2 Å². The van der Waals surface area contributed by atoms with E-state index in [-0.39, 0.29) is 6.61 Å². The fourth-order valence-electron chi connectivity index (χ4n) is 3.52. The molecule has 2 aromatic carbocycles. The summed E-state index contributed by atoms with van der Waals surface area (Å²) in [5.41, 5.74) is 2.34. The molecule has 8 nitrogen and oxygen atoms in total. The second-order valence-corrected chi connectivity index (χ2v) is 8.08. The van der Waals surface area contributed by atoms with Crippen LogP contribution in [0.2, 0.25) is 5.02 Å². The first kappa shape index (κ1) is 24.9. The van der Waals surface area contributed by atoms with E-state index in [1.807, 2.05) is 31.2 Å². The van der Waals surface area contributed by atoms with Crippen LogP contribution in [0.1, 0.15) is 29.7 Å². The molecule has 1 aliphatic heterocycles. The maximum atomic E-state index is 10.5. The summed E-state index contributed by atoms with van der Waals surface area (Å²) in [7, 11) is 0. The van der Waals surface area contributed by atoms with Gasteiger partial charge < -0.3 is 39.7 Å². The standard InChI is InChI=1S/C23H29ClO8/c1-2-30-17-6-3-13(4-7-17)9-15-10-14(5-8-18(15)24)22-20(28)19(27)21(29)23(32-22)31-12-16(26)11-25/h3-8,10,16,19-23,25-29H,2,9,11-12H2,1H3/t16?,19-,20-,21+,22+,23?/m1/s1. The van der Waals surface area contributed by atoms with Crippen molar-refractivity contribution in [3.8, 4) is 5.75 Å².